The van der Waals surface area contributed by atoms with Crippen molar-refractivity contribution in [2.75, 3.05) is 18.4 Å². The van der Waals surface area contributed by atoms with E-state index in [1.807, 2.05) is 12.3 Å². The van der Waals surface area contributed by atoms with Crippen LogP contribution in [0.3, 0.4) is 0 Å². The summed E-state index contributed by atoms with van der Waals surface area (Å²) in [5, 5.41) is 7.13. The Balaban J connectivity index is 1.56. The molecule has 4 aromatic rings. The monoisotopic (exact) mass is 356 g/mol. The summed E-state index contributed by atoms with van der Waals surface area (Å²) in [6.07, 6.45) is 3.72. The first-order valence-corrected chi connectivity index (χ1v) is 9.22. The minimum absolute atomic E-state index is 0.472. The number of benzene rings is 2. The second-order valence-electron chi connectivity index (χ2n) is 7.00. The van der Waals surface area contributed by atoms with Crippen LogP contribution < -0.4 is 5.32 Å². The van der Waals surface area contributed by atoms with E-state index in [9.17, 15) is 4.79 Å². The van der Waals surface area contributed by atoms with Gasteiger partial charge in [0.25, 0.3) is 0 Å². The molecule has 0 atom stereocenters. The van der Waals surface area contributed by atoms with Crippen LogP contribution in [0.15, 0.2) is 54.7 Å². The quantitative estimate of drug-likeness (QED) is 0.542. The zero-order valence-electron chi connectivity index (χ0n) is 14.9. The Kier molecular flexibility index (Phi) is 3.87. The van der Waals surface area contributed by atoms with E-state index in [1.165, 1.54) is 22.0 Å². The van der Waals surface area contributed by atoms with Gasteiger partial charge in [-0.25, -0.2) is 4.98 Å². The van der Waals surface area contributed by atoms with E-state index in [-0.39, 0.29) is 0 Å². The summed E-state index contributed by atoms with van der Waals surface area (Å²) in [6.45, 7) is 2.14. The van der Waals surface area contributed by atoms with Gasteiger partial charge in [-0.15, -0.1) is 0 Å². The van der Waals surface area contributed by atoms with E-state index < -0.39 is 0 Å². The van der Waals surface area contributed by atoms with E-state index in [1.54, 1.807) is 0 Å². The van der Waals surface area contributed by atoms with Crippen LogP contribution in [0.25, 0.3) is 21.8 Å². The smallest absolute Gasteiger partial charge is 0.139 e. The van der Waals surface area contributed by atoms with Gasteiger partial charge in [-0.05, 0) is 34.5 Å². The topological polar surface area (TPSA) is 61.0 Å². The third-order valence-electron chi connectivity index (χ3n) is 5.31. The number of H-pyrrole nitrogens is 1. The second-order valence-corrected chi connectivity index (χ2v) is 7.00. The fraction of sp³-hybridized carbons (Fsp3) is 0.182. The molecule has 0 radical (unpaired) electrons. The van der Waals surface area contributed by atoms with Crippen molar-refractivity contribution in [3.8, 4) is 0 Å². The first kappa shape index (κ1) is 16.0. The Morgan fingerprint density at radius 3 is 2.93 bits per heavy atom. The molecule has 0 fully saturated rings. The SMILES string of the molecule is O=CCN1CCc2[nH]c3nccc(Nc4ccc5ccccc5c4)c3c2C1. The van der Waals surface area contributed by atoms with Gasteiger partial charge < -0.3 is 15.1 Å². The number of hydrogen-bond acceptors (Lipinski definition) is 4. The molecule has 2 N–H and O–H groups in total. The maximum absolute atomic E-state index is 10.9. The highest BCUT2D eigenvalue weighted by Crippen LogP contribution is 2.33. The molecule has 1 aliphatic rings. The standard InChI is InChI=1S/C22H20N4O/c27-12-11-26-10-8-19-18(14-26)21-20(7-9-23-22(21)25-19)24-17-6-5-15-3-1-2-4-16(15)13-17/h1-7,9,12-13H,8,10-11,14H2,(H2,23,24,25). The van der Waals surface area contributed by atoms with Crippen molar-refractivity contribution in [1.29, 1.82) is 0 Å². The fourth-order valence-corrected chi connectivity index (χ4v) is 3.98. The number of nitrogens with one attached hydrogen (secondary N) is 2. The molecule has 0 unspecified atom stereocenters. The maximum Gasteiger partial charge on any atom is 0.139 e. The molecule has 1 aliphatic heterocycles. The molecule has 0 saturated carbocycles. The highest BCUT2D eigenvalue weighted by molar-refractivity contribution is 5.96. The molecule has 5 rings (SSSR count). The molecule has 2 aromatic heterocycles. The number of anilines is 2. The van der Waals surface area contributed by atoms with E-state index in [2.05, 4.69) is 62.6 Å². The number of rotatable bonds is 4. The van der Waals surface area contributed by atoms with Crippen molar-refractivity contribution < 1.29 is 4.79 Å². The largest absolute Gasteiger partial charge is 0.355 e. The van der Waals surface area contributed by atoms with E-state index in [0.717, 1.165) is 48.2 Å². The number of aromatic nitrogens is 2. The molecule has 3 heterocycles. The minimum Gasteiger partial charge on any atom is -0.355 e. The highest BCUT2D eigenvalue weighted by atomic mass is 16.1. The summed E-state index contributed by atoms with van der Waals surface area (Å²) in [6, 6.07) is 16.8. The zero-order chi connectivity index (χ0) is 18.2. The lowest BCUT2D eigenvalue weighted by Crippen LogP contribution is -2.31. The Morgan fingerprint density at radius 1 is 1.15 bits per heavy atom. The van der Waals surface area contributed by atoms with Gasteiger partial charge in [0.2, 0.25) is 0 Å². The van der Waals surface area contributed by atoms with Crippen molar-refractivity contribution in [2.45, 2.75) is 13.0 Å². The van der Waals surface area contributed by atoms with Crippen LogP contribution in [0, 0.1) is 0 Å². The van der Waals surface area contributed by atoms with Crippen LogP contribution in [-0.2, 0) is 17.8 Å². The average molecular weight is 356 g/mol. The Hall–Kier alpha value is -3.18. The van der Waals surface area contributed by atoms with Crippen LogP contribution in [0.2, 0.25) is 0 Å². The number of hydrogen-bond donors (Lipinski definition) is 2. The number of carbonyl (C=O) groups is 1. The van der Waals surface area contributed by atoms with Crippen molar-refractivity contribution >= 4 is 39.5 Å². The third-order valence-corrected chi connectivity index (χ3v) is 5.31. The lowest BCUT2D eigenvalue weighted by atomic mass is 10.0. The van der Waals surface area contributed by atoms with E-state index in [4.69, 9.17) is 0 Å². The van der Waals surface area contributed by atoms with Gasteiger partial charge in [0.1, 0.15) is 11.9 Å². The van der Waals surface area contributed by atoms with Crippen molar-refractivity contribution in [1.82, 2.24) is 14.9 Å². The molecule has 134 valence electrons. The molecule has 2 aromatic carbocycles. The summed E-state index contributed by atoms with van der Waals surface area (Å²) < 4.78 is 0. The summed E-state index contributed by atoms with van der Waals surface area (Å²) in [7, 11) is 0. The van der Waals surface area contributed by atoms with Gasteiger partial charge >= 0.3 is 0 Å². The lowest BCUT2D eigenvalue weighted by Gasteiger charge is -2.25. The van der Waals surface area contributed by atoms with Gasteiger partial charge in [-0.3, -0.25) is 4.90 Å². The average Bonchev–Trinajstić information content (AvgIpc) is 3.07. The predicted octanol–water partition coefficient (Wildman–Crippen LogP) is 4.02. The van der Waals surface area contributed by atoms with E-state index >= 15 is 0 Å². The Labute approximate surface area is 157 Å². The third kappa shape index (κ3) is 2.86. The summed E-state index contributed by atoms with van der Waals surface area (Å²) in [5.41, 5.74) is 5.47. The van der Waals surface area contributed by atoms with Gasteiger partial charge in [0.05, 0.1) is 12.2 Å². The lowest BCUT2D eigenvalue weighted by molar-refractivity contribution is -0.109. The van der Waals surface area contributed by atoms with Crippen LogP contribution in [-0.4, -0.2) is 34.2 Å². The summed E-state index contributed by atoms with van der Waals surface area (Å²) in [4.78, 5) is 21.1. The molecule has 27 heavy (non-hydrogen) atoms. The fourth-order valence-electron chi connectivity index (χ4n) is 3.98. The summed E-state index contributed by atoms with van der Waals surface area (Å²) >= 11 is 0. The van der Waals surface area contributed by atoms with Gasteiger partial charge in [-0.1, -0.05) is 30.3 Å². The number of aromatic amines is 1. The van der Waals surface area contributed by atoms with Crippen molar-refractivity contribution in [3.63, 3.8) is 0 Å². The summed E-state index contributed by atoms with van der Waals surface area (Å²) in [5.74, 6) is 0. The molecular weight excluding hydrogens is 336 g/mol. The second kappa shape index (κ2) is 6.52. The van der Waals surface area contributed by atoms with Crippen LogP contribution in [0.4, 0.5) is 11.4 Å². The van der Waals surface area contributed by atoms with Crippen LogP contribution in [0.5, 0.6) is 0 Å². The first-order chi connectivity index (χ1) is 13.3. The van der Waals surface area contributed by atoms with Crippen LogP contribution >= 0.6 is 0 Å². The number of fused-ring (bicyclic) bond motifs is 4. The van der Waals surface area contributed by atoms with Gasteiger partial charge in [0, 0.05) is 42.5 Å². The number of aldehydes is 1. The number of pyridine rings is 1. The highest BCUT2D eigenvalue weighted by Gasteiger charge is 2.22. The minimum atomic E-state index is 0.472. The maximum atomic E-state index is 10.9. The predicted molar refractivity (Wildman–Crippen MR) is 108 cm³/mol. The molecule has 0 bridgehead atoms. The molecule has 5 nitrogen and oxygen atoms in total. The number of nitrogens with zero attached hydrogens (tertiary/aromatic N) is 2. The molecule has 0 aliphatic carbocycles. The first-order valence-electron chi connectivity index (χ1n) is 9.22. The number of carbonyl (C=O) groups excluding carboxylic acids is 1. The molecule has 0 amide bonds. The Bertz CT molecular complexity index is 1150. The molecular formula is C22H20N4O. The van der Waals surface area contributed by atoms with Gasteiger partial charge in [-0.2, -0.15) is 0 Å². The zero-order valence-corrected chi connectivity index (χ0v) is 14.9. The Morgan fingerprint density at radius 2 is 2.04 bits per heavy atom. The van der Waals surface area contributed by atoms with Crippen LogP contribution in [0.1, 0.15) is 11.3 Å². The van der Waals surface area contributed by atoms with E-state index in [0.29, 0.717) is 6.54 Å². The van der Waals surface area contributed by atoms with Crippen molar-refractivity contribution in [3.05, 3.63) is 66.0 Å². The normalized spacial score (nSPS) is 14.4. The molecule has 0 saturated heterocycles. The van der Waals surface area contributed by atoms with Crippen molar-refractivity contribution in [2.24, 2.45) is 0 Å². The van der Waals surface area contributed by atoms with Gasteiger partial charge in [0.15, 0.2) is 0 Å². The molecule has 5 heteroatoms. The molecule has 0 spiro atoms.